The van der Waals surface area contributed by atoms with Crippen molar-refractivity contribution in [2.45, 2.75) is 13.2 Å². The molecular weight excluding hydrogens is 346 g/mol. The summed E-state index contributed by atoms with van der Waals surface area (Å²) >= 11 is 3.22. The molecule has 0 saturated carbocycles. The van der Waals surface area contributed by atoms with E-state index in [0.29, 0.717) is 10.0 Å². The lowest BCUT2D eigenvalue weighted by molar-refractivity contribution is -0.0504. The third-order valence-corrected chi connectivity index (χ3v) is 3.24. The monoisotopic (exact) mass is 356 g/mol. The minimum atomic E-state index is -2.91. The fourth-order valence-electron chi connectivity index (χ4n) is 1.67. The smallest absolute Gasteiger partial charge is 0.387 e. The zero-order valence-electron chi connectivity index (χ0n) is 10.7. The van der Waals surface area contributed by atoms with Crippen molar-refractivity contribution < 1.29 is 18.3 Å². The van der Waals surface area contributed by atoms with Crippen molar-refractivity contribution in [3.63, 3.8) is 0 Å². The molecule has 0 aliphatic heterocycles. The molecule has 2 aromatic rings. The number of carbonyl (C=O) groups is 1. The summed E-state index contributed by atoms with van der Waals surface area (Å²) in [5, 5.41) is 2.61. The minimum absolute atomic E-state index is 0.0351. The largest absolute Gasteiger partial charge is 0.434 e. The Kier molecular flexibility index (Phi) is 5.21. The molecule has 0 aliphatic rings. The van der Waals surface area contributed by atoms with Gasteiger partial charge in [0, 0.05) is 22.8 Å². The number of ether oxygens (including phenoxy) is 1. The number of hydrogen-bond donors (Lipinski definition) is 1. The molecule has 0 atom stereocenters. The first-order chi connectivity index (χ1) is 10.1. The molecule has 1 aromatic heterocycles. The van der Waals surface area contributed by atoms with Gasteiger partial charge < -0.3 is 10.1 Å². The molecule has 21 heavy (non-hydrogen) atoms. The number of nitrogens with one attached hydrogen (secondary N) is 1. The van der Waals surface area contributed by atoms with Gasteiger partial charge in [0.25, 0.3) is 5.91 Å². The highest BCUT2D eigenvalue weighted by Gasteiger charge is 2.13. The van der Waals surface area contributed by atoms with Gasteiger partial charge in [0.1, 0.15) is 11.4 Å². The molecule has 0 saturated heterocycles. The van der Waals surface area contributed by atoms with E-state index in [0.717, 1.165) is 0 Å². The molecule has 7 heteroatoms. The number of rotatable bonds is 5. The molecule has 1 heterocycles. The first-order valence-corrected chi connectivity index (χ1v) is 6.78. The molecule has 0 bridgehead atoms. The van der Waals surface area contributed by atoms with Crippen LogP contribution in [0.15, 0.2) is 47.1 Å². The van der Waals surface area contributed by atoms with E-state index in [9.17, 15) is 13.6 Å². The Balaban J connectivity index is 2.07. The fraction of sp³-hybridized carbons (Fsp3) is 0.143. The van der Waals surface area contributed by atoms with Crippen LogP contribution in [0.5, 0.6) is 5.75 Å². The Morgan fingerprint density at radius 1 is 1.29 bits per heavy atom. The first kappa shape index (κ1) is 15.4. The van der Waals surface area contributed by atoms with E-state index < -0.39 is 12.5 Å². The van der Waals surface area contributed by atoms with Gasteiger partial charge in [0.05, 0.1) is 0 Å². The predicted molar refractivity (Wildman–Crippen MR) is 76.2 cm³/mol. The predicted octanol–water partition coefficient (Wildman–Crippen LogP) is 3.38. The van der Waals surface area contributed by atoms with Crippen molar-refractivity contribution in [2.24, 2.45) is 0 Å². The number of halogens is 3. The highest BCUT2D eigenvalue weighted by molar-refractivity contribution is 9.10. The number of para-hydroxylation sites is 1. The van der Waals surface area contributed by atoms with Crippen LogP contribution in [0, 0.1) is 0 Å². The number of carbonyl (C=O) groups excluding carboxylic acids is 1. The van der Waals surface area contributed by atoms with Gasteiger partial charge in [-0.2, -0.15) is 8.78 Å². The number of aromatic nitrogens is 1. The Morgan fingerprint density at radius 2 is 2.05 bits per heavy atom. The quantitative estimate of drug-likeness (QED) is 0.893. The summed E-state index contributed by atoms with van der Waals surface area (Å²) in [4.78, 5) is 15.9. The van der Waals surface area contributed by atoms with Crippen molar-refractivity contribution >= 4 is 21.8 Å². The van der Waals surface area contributed by atoms with Gasteiger partial charge in [-0.1, -0.05) is 18.2 Å². The van der Waals surface area contributed by atoms with Gasteiger partial charge in [0.2, 0.25) is 0 Å². The van der Waals surface area contributed by atoms with Gasteiger partial charge in [-0.3, -0.25) is 4.79 Å². The highest BCUT2D eigenvalue weighted by atomic mass is 79.9. The fourth-order valence-corrected chi connectivity index (χ4v) is 2.11. The topological polar surface area (TPSA) is 51.2 Å². The van der Waals surface area contributed by atoms with Gasteiger partial charge in [0.15, 0.2) is 0 Å². The van der Waals surface area contributed by atoms with E-state index >= 15 is 0 Å². The van der Waals surface area contributed by atoms with E-state index in [1.807, 2.05) is 0 Å². The molecular formula is C14H11BrF2N2O2. The lowest BCUT2D eigenvalue weighted by Gasteiger charge is -2.11. The van der Waals surface area contributed by atoms with Gasteiger partial charge in [-0.15, -0.1) is 0 Å². The van der Waals surface area contributed by atoms with Crippen LogP contribution >= 0.6 is 15.9 Å². The second kappa shape index (κ2) is 7.12. The summed E-state index contributed by atoms with van der Waals surface area (Å²) in [6.07, 6.45) is 1.49. The number of hydrogen-bond acceptors (Lipinski definition) is 3. The third-order valence-electron chi connectivity index (χ3n) is 2.60. The average Bonchev–Trinajstić information content (AvgIpc) is 2.46. The molecule has 4 nitrogen and oxygen atoms in total. The Bertz CT molecular complexity index is 638. The molecule has 1 aromatic carbocycles. The molecule has 2 rings (SSSR count). The second-order valence-electron chi connectivity index (χ2n) is 4.00. The van der Waals surface area contributed by atoms with Crippen LogP contribution in [-0.2, 0) is 6.54 Å². The van der Waals surface area contributed by atoms with E-state index in [1.54, 1.807) is 30.3 Å². The Morgan fingerprint density at radius 3 is 2.76 bits per heavy atom. The zero-order valence-corrected chi connectivity index (χ0v) is 12.3. The van der Waals surface area contributed by atoms with Crippen LogP contribution in [0.3, 0.4) is 0 Å². The number of benzene rings is 1. The van der Waals surface area contributed by atoms with Crippen LogP contribution in [0.25, 0.3) is 0 Å². The lowest BCUT2D eigenvalue weighted by Crippen LogP contribution is -2.24. The Hall–Kier alpha value is -2.02. The van der Waals surface area contributed by atoms with Crippen molar-refractivity contribution in [2.75, 3.05) is 0 Å². The van der Waals surface area contributed by atoms with Crippen LogP contribution < -0.4 is 10.1 Å². The van der Waals surface area contributed by atoms with Crippen molar-refractivity contribution in [1.82, 2.24) is 10.3 Å². The molecule has 1 N–H and O–H groups in total. The third kappa shape index (κ3) is 4.22. The van der Waals surface area contributed by atoms with Crippen molar-refractivity contribution in [3.8, 4) is 5.75 Å². The molecule has 0 fully saturated rings. The number of pyridine rings is 1. The van der Waals surface area contributed by atoms with Crippen molar-refractivity contribution in [1.29, 1.82) is 0 Å². The zero-order chi connectivity index (χ0) is 15.2. The highest BCUT2D eigenvalue weighted by Crippen LogP contribution is 2.20. The average molecular weight is 357 g/mol. The lowest BCUT2D eigenvalue weighted by atomic mass is 10.2. The van der Waals surface area contributed by atoms with E-state index in [-0.39, 0.29) is 18.0 Å². The maximum Gasteiger partial charge on any atom is 0.387 e. The van der Waals surface area contributed by atoms with Crippen LogP contribution in [0.4, 0.5) is 8.78 Å². The summed E-state index contributed by atoms with van der Waals surface area (Å²) in [6, 6.07) is 9.66. The van der Waals surface area contributed by atoms with Gasteiger partial charge in [-0.25, -0.2) is 4.98 Å². The maximum atomic E-state index is 12.3. The van der Waals surface area contributed by atoms with E-state index in [2.05, 4.69) is 31.0 Å². The van der Waals surface area contributed by atoms with Crippen LogP contribution in [0.1, 0.15) is 16.1 Å². The molecule has 0 aliphatic carbocycles. The van der Waals surface area contributed by atoms with E-state index in [4.69, 9.17) is 0 Å². The minimum Gasteiger partial charge on any atom is -0.434 e. The summed E-state index contributed by atoms with van der Waals surface area (Å²) < 4.78 is 29.5. The summed E-state index contributed by atoms with van der Waals surface area (Å²) in [5.74, 6) is -0.373. The van der Waals surface area contributed by atoms with Gasteiger partial charge >= 0.3 is 6.61 Å². The molecule has 110 valence electrons. The first-order valence-electron chi connectivity index (χ1n) is 5.99. The number of amides is 1. The van der Waals surface area contributed by atoms with Crippen LogP contribution in [0.2, 0.25) is 0 Å². The molecule has 0 spiro atoms. The standard InChI is InChI=1S/C14H11BrF2N2O2/c15-10-5-3-7-18-12(10)13(20)19-8-9-4-1-2-6-11(9)21-14(16)17/h1-7,14H,8H2,(H,19,20). The summed E-state index contributed by atoms with van der Waals surface area (Å²) in [7, 11) is 0. The molecule has 1 amide bonds. The molecule has 0 radical (unpaired) electrons. The van der Waals surface area contributed by atoms with Crippen LogP contribution in [-0.4, -0.2) is 17.5 Å². The second-order valence-corrected chi connectivity index (χ2v) is 4.86. The van der Waals surface area contributed by atoms with E-state index in [1.165, 1.54) is 12.3 Å². The normalized spacial score (nSPS) is 10.5. The summed E-state index contributed by atoms with van der Waals surface area (Å²) in [5.41, 5.74) is 0.683. The summed E-state index contributed by atoms with van der Waals surface area (Å²) in [6.45, 7) is -2.85. The Labute approximate surface area is 128 Å². The van der Waals surface area contributed by atoms with Gasteiger partial charge in [-0.05, 0) is 34.1 Å². The molecule has 0 unspecified atom stereocenters. The number of alkyl halides is 2. The van der Waals surface area contributed by atoms with Crippen molar-refractivity contribution in [3.05, 3.63) is 58.3 Å². The SMILES string of the molecule is O=C(NCc1ccccc1OC(F)F)c1ncccc1Br. The maximum absolute atomic E-state index is 12.3. The number of nitrogens with zero attached hydrogens (tertiary/aromatic N) is 1.